The van der Waals surface area contributed by atoms with Crippen LogP contribution in [-0.4, -0.2) is 0 Å². The second-order valence-corrected chi connectivity index (χ2v) is 13.0. The van der Waals surface area contributed by atoms with Gasteiger partial charge in [0.05, 0.1) is 5.69 Å². The van der Waals surface area contributed by atoms with Crippen LogP contribution >= 0.6 is 0 Å². The lowest BCUT2D eigenvalue weighted by Crippen LogP contribution is -2.11. The minimum Gasteiger partial charge on any atom is -0.456 e. The van der Waals surface area contributed by atoms with Gasteiger partial charge in [0.15, 0.2) is 0 Å². The van der Waals surface area contributed by atoms with E-state index in [0.717, 1.165) is 50.1 Å². The van der Waals surface area contributed by atoms with Crippen molar-refractivity contribution in [1.29, 1.82) is 0 Å². The van der Waals surface area contributed by atoms with Crippen LogP contribution in [0.15, 0.2) is 192 Å². The summed E-state index contributed by atoms with van der Waals surface area (Å²) < 4.78 is 6.30. The summed E-state index contributed by atoms with van der Waals surface area (Å²) in [6.45, 7) is 0. The van der Waals surface area contributed by atoms with Crippen LogP contribution in [0.1, 0.15) is 0 Å². The molecule has 50 heavy (non-hydrogen) atoms. The average molecular weight is 638 g/mol. The lowest BCUT2D eigenvalue weighted by atomic mass is 9.98. The summed E-state index contributed by atoms with van der Waals surface area (Å²) in [4.78, 5) is 2.39. The maximum atomic E-state index is 6.30. The lowest BCUT2D eigenvalue weighted by Gasteiger charge is -2.28. The Hall–Kier alpha value is -6.64. The number of nitrogens with zero attached hydrogens (tertiary/aromatic N) is 1. The number of fused-ring (bicyclic) bond motifs is 7. The molecule has 0 atom stereocenters. The van der Waals surface area contributed by atoms with Gasteiger partial charge in [-0.25, -0.2) is 0 Å². The highest BCUT2D eigenvalue weighted by Crippen LogP contribution is 2.43. The van der Waals surface area contributed by atoms with Crippen LogP contribution in [0.3, 0.4) is 0 Å². The van der Waals surface area contributed by atoms with E-state index in [0.29, 0.717) is 0 Å². The Kier molecular flexibility index (Phi) is 6.53. The summed E-state index contributed by atoms with van der Waals surface area (Å²) in [7, 11) is 0. The monoisotopic (exact) mass is 637 g/mol. The molecular weight excluding hydrogens is 607 g/mol. The fourth-order valence-corrected chi connectivity index (χ4v) is 7.53. The van der Waals surface area contributed by atoms with E-state index < -0.39 is 0 Å². The van der Waals surface area contributed by atoms with Crippen LogP contribution in [0.2, 0.25) is 0 Å². The third-order valence-corrected chi connectivity index (χ3v) is 10.0. The van der Waals surface area contributed by atoms with E-state index in [9.17, 15) is 0 Å². The first-order chi connectivity index (χ1) is 24.8. The van der Waals surface area contributed by atoms with Gasteiger partial charge in [0, 0.05) is 27.7 Å². The Labute approximate surface area is 290 Å². The van der Waals surface area contributed by atoms with Gasteiger partial charge >= 0.3 is 0 Å². The first-order valence-electron chi connectivity index (χ1n) is 17.1. The third-order valence-electron chi connectivity index (χ3n) is 10.0. The summed E-state index contributed by atoms with van der Waals surface area (Å²) >= 11 is 0. The molecule has 0 aliphatic carbocycles. The number of rotatable bonds is 5. The fraction of sp³-hybridized carbons (Fsp3) is 0. The van der Waals surface area contributed by atoms with Crippen molar-refractivity contribution in [2.45, 2.75) is 0 Å². The molecule has 1 aromatic heterocycles. The number of para-hydroxylation sites is 1. The Balaban J connectivity index is 1.12. The Bertz CT molecular complexity index is 2870. The van der Waals surface area contributed by atoms with E-state index in [4.69, 9.17) is 4.42 Å². The van der Waals surface area contributed by atoms with E-state index in [1.54, 1.807) is 0 Å². The van der Waals surface area contributed by atoms with Crippen LogP contribution in [0, 0.1) is 0 Å². The molecule has 10 aromatic rings. The molecule has 0 spiro atoms. The summed E-state index contributed by atoms with van der Waals surface area (Å²) in [5.74, 6) is 0. The van der Waals surface area contributed by atoms with Crippen molar-refractivity contribution in [2.75, 3.05) is 4.90 Å². The smallest absolute Gasteiger partial charge is 0.136 e. The zero-order valence-corrected chi connectivity index (χ0v) is 27.3. The number of hydrogen-bond donors (Lipinski definition) is 0. The predicted molar refractivity (Wildman–Crippen MR) is 212 cm³/mol. The summed E-state index contributed by atoms with van der Waals surface area (Å²) in [6.07, 6.45) is 0. The molecule has 0 radical (unpaired) electrons. The highest BCUT2D eigenvalue weighted by molar-refractivity contribution is 6.11. The topological polar surface area (TPSA) is 16.4 Å². The van der Waals surface area contributed by atoms with Crippen molar-refractivity contribution < 1.29 is 4.42 Å². The molecule has 0 saturated heterocycles. The molecule has 0 saturated carbocycles. The van der Waals surface area contributed by atoms with Gasteiger partial charge in [0.2, 0.25) is 0 Å². The van der Waals surface area contributed by atoms with E-state index in [1.807, 2.05) is 0 Å². The van der Waals surface area contributed by atoms with Crippen LogP contribution in [0.25, 0.3) is 76.5 Å². The second kappa shape index (κ2) is 11.5. The summed E-state index contributed by atoms with van der Waals surface area (Å²) in [5.41, 5.74) is 9.85. The normalized spacial score (nSPS) is 11.6. The van der Waals surface area contributed by atoms with Crippen molar-refractivity contribution in [3.05, 3.63) is 188 Å². The third kappa shape index (κ3) is 4.73. The largest absolute Gasteiger partial charge is 0.456 e. The van der Waals surface area contributed by atoms with E-state index >= 15 is 0 Å². The predicted octanol–water partition coefficient (Wildman–Crippen LogP) is 13.8. The van der Waals surface area contributed by atoms with Gasteiger partial charge in [0.25, 0.3) is 0 Å². The first kappa shape index (κ1) is 28.4. The van der Waals surface area contributed by atoms with Crippen molar-refractivity contribution in [2.24, 2.45) is 0 Å². The summed E-state index contributed by atoms with van der Waals surface area (Å²) in [5, 5.41) is 9.66. The minimum atomic E-state index is 0.906. The molecule has 0 aliphatic rings. The molecule has 0 N–H and O–H groups in total. The lowest BCUT2D eigenvalue weighted by molar-refractivity contribution is 0.669. The van der Waals surface area contributed by atoms with E-state index in [-0.39, 0.29) is 0 Å². The van der Waals surface area contributed by atoms with E-state index in [1.165, 1.54) is 43.4 Å². The van der Waals surface area contributed by atoms with Gasteiger partial charge in [-0.05, 0) is 104 Å². The van der Waals surface area contributed by atoms with Gasteiger partial charge in [-0.2, -0.15) is 0 Å². The highest BCUT2D eigenvalue weighted by atomic mass is 16.3. The van der Waals surface area contributed by atoms with Gasteiger partial charge < -0.3 is 9.32 Å². The maximum absolute atomic E-state index is 6.30. The standard InChI is InChI=1S/C48H31NO/c1-2-10-33(11-3-1)42-16-8-9-17-46(42)49(40-26-22-35-19-18-34-12-6-7-15-41(34)43(35)31-40)39-24-20-32(21-25-39)38-23-27-47-44(29-38)45-28-36-13-4-5-14-37(36)30-48(45)50-47/h1-31H. The molecule has 0 unspecified atom stereocenters. The fourth-order valence-electron chi connectivity index (χ4n) is 7.53. The molecule has 2 heteroatoms. The van der Waals surface area contributed by atoms with Crippen LogP contribution in [0.4, 0.5) is 17.1 Å². The molecule has 0 bridgehead atoms. The average Bonchev–Trinajstić information content (AvgIpc) is 3.54. The van der Waals surface area contributed by atoms with E-state index in [2.05, 4.69) is 193 Å². The van der Waals surface area contributed by atoms with Gasteiger partial charge in [-0.3, -0.25) is 0 Å². The molecule has 10 rings (SSSR count). The number of anilines is 3. The van der Waals surface area contributed by atoms with Crippen molar-refractivity contribution in [3.63, 3.8) is 0 Å². The number of furan rings is 1. The molecular formula is C48H31NO. The zero-order valence-electron chi connectivity index (χ0n) is 27.3. The van der Waals surface area contributed by atoms with Crippen LogP contribution in [-0.2, 0) is 0 Å². The van der Waals surface area contributed by atoms with Crippen molar-refractivity contribution in [3.8, 4) is 22.3 Å². The van der Waals surface area contributed by atoms with Crippen LogP contribution in [0.5, 0.6) is 0 Å². The molecule has 2 nitrogen and oxygen atoms in total. The molecule has 1 heterocycles. The quantitative estimate of drug-likeness (QED) is 0.175. The van der Waals surface area contributed by atoms with Crippen molar-refractivity contribution >= 4 is 71.3 Å². The molecule has 0 amide bonds. The molecule has 0 fully saturated rings. The molecule has 0 aliphatic heterocycles. The van der Waals surface area contributed by atoms with Gasteiger partial charge in [-0.15, -0.1) is 0 Å². The zero-order chi connectivity index (χ0) is 33.0. The van der Waals surface area contributed by atoms with Gasteiger partial charge in [0.1, 0.15) is 11.2 Å². The first-order valence-corrected chi connectivity index (χ1v) is 17.1. The summed E-state index contributed by atoms with van der Waals surface area (Å²) in [6, 6.07) is 67.6. The number of benzene rings is 9. The Morgan fingerprint density at radius 1 is 0.320 bits per heavy atom. The minimum absolute atomic E-state index is 0.906. The molecule has 234 valence electrons. The Morgan fingerprint density at radius 3 is 1.78 bits per heavy atom. The SMILES string of the molecule is c1ccc(-c2ccccc2N(c2ccc(-c3ccc4oc5cc6ccccc6cc5c4c3)cc2)c2ccc3ccc4ccccc4c3c2)cc1. The number of hydrogen-bond acceptors (Lipinski definition) is 2. The van der Waals surface area contributed by atoms with Crippen LogP contribution < -0.4 is 4.90 Å². The van der Waals surface area contributed by atoms with Gasteiger partial charge in [-0.1, -0.05) is 133 Å². The Morgan fingerprint density at radius 2 is 0.940 bits per heavy atom. The maximum Gasteiger partial charge on any atom is 0.136 e. The second-order valence-electron chi connectivity index (χ2n) is 13.0. The van der Waals surface area contributed by atoms with Crippen molar-refractivity contribution in [1.82, 2.24) is 0 Å². The molecule has 9 aromatic carbocycles. The highest BCUT2D eigenvalue weighted by Gasteiger charge is 2.18.